The summed E-state index contributed by atoms with van der Waals surface area (Å²) in [5, 5.41) is 0.490. The van der Waals surface area contributed by atoms with Crippen LogP contribution in [0, 0.1) is 5.92 Å². The molecular formula is C14H20ClNO2. The SMILES string of the molecule is CC(C)CCCOC(=O)[C@H](N)c1ccccc1Cl. The van der Waals surface area contributed by atoms with Crippen molar-refractivity contribution in [2.45, 2.75) is 32.7 Å². The fourth-order valence-electron chi connectivity index (χ4n) is 1.61. The normalized spacial score (nSPS) is 12.5. The van der Waals surface area contributed by atoms with Gasteiger partial charge in [-0.1, -0.05) is 43.6 Å². The van der Waals surface area contributed by atoms with Crippen LogP contribution in [-0.4, -0.2) is 12.6 Å². The van der Waals surface area contributed by atoms with E-state index >= 15 is 0 Å². The third-order valence-electron chi connectivity index (χ3n) is 2.66. The van der Waals surface area contributed by atoms with Crippen molar-refractivity contribution in [1.82, 2.24) is 0 Å². The van der Waals surface area contributed by atoms with E-state index in [1.54, 1.807) is 24.3 Å². The first kappa shape index (κ1) is 15.0. The number of hydrogen-bond acceptors (Lipinski definition) is 3. The fraction of sp³-hybridized carbons (Fsp3) is 0.500. The molecule has 1 rings (SSSR count). The van der Waals surface area contributed by atoms with Gasteiger partial charge in [0, 0.05) is 5.02 Å². The Balaban J connectivity index is 2.45. The van der Waals surface area contributed by atoms with Gasteiger partial charge < -0.3 is 10.5 Å². The van der Waals surface area contributed by atoms with Gasteiger partial charge in [-0.3, -0.25) is 0 Å². The highest BCUT2D eigenvalue weighted by Crippen LogP contribution is 2.21. The highest BCUT2D eigenvalue weighted by atomic mass is 35.5. The van der Waals surface area contributed by atoms with Crippen molar-refractivity contribution in [3.05, 3.63) is 34.9 Å². The first-order valence-corrected chi connectivity index (χ1v) is 6.56. The highest BCUT2D eigenvalue weighted by Gasteiger charge is 2.19. The lowest BCUT2D eigenvalue weighted by Crippen LogP contribution is -2.24. The maximum atomic E-state index is 11.7. The molecule has 1 aromatic carbocycles. The van der Waals surface area contributed by atoms with Crippen molar-refractivity contribution in [3.63, 3.8) is 0 Å². The van der Waals surface area contributed by atoms with E-state index in [9.17, 15) is 4.79 Å². The second-order valence-corrected chi connectivity index (χ2v) is 5.11. The summed E-state index contributed by atoms with van der Waals surface area (Å²) in [6.07, 6.45) is 1.90. The number of benzene rings is 1. The third kappa shape index (κ3) is 4.67. The minimum Gasteiger partial charge on any atom is -0.464 e. The summed E-state index contributed by atoms with van der Waals surface area (Å²) in [7, 11) is 0. The van der Waals surface area contributed by atoms with Crippen LogP contribution in [0.2, 0.25) is 5.02 Å². The van der Waals surface area contributed by atoms with Crippen LogP contribution in [0.25, 0.3) is 0 Å². The van der Waals surface area contributed by atoms with Gasteiger partial charge in [-0.05, 0) is 30.4 Å². The molecule has 0 unspecified atom stereocenters. The lowest BCUT2D eigenvalue weighted by Gasteiger charge is -2.13. The minimum absolute atomic E-state index is 0.412. The Morgan fingerprint density at radius 2 is 2.06 bits per heavy atom. The van der Waals surface area contributed by atoms with Crippen LogP contribution in [-0.2, 0) is 9.53 Å². The molecule has 1 atom stereocenters. The Morgan fingerprint density at radius 1 is 1.39 bits per heavy atom. The maximum absolute atomic E-state index is 11.7. The zero-order valence-electron chi connectivity index (χ0n) is 10.9. The molecule has 0 heterocycles. The summed E-state index contributed by atoms with van der Waals surface area (Å²) in [4.78, 5) is 11.7. The monoisotopic (exact) mass is 269 g/mol. The van der Waals surface area contributed by atoms with Crippen LogP contribution in [0.3, 0.4) is 0 Å². The zero-order chi connectivity index (χ0) is 13.5. The molecule has 0 aliphatic rings. The molecule has 18 heavy (non-hydrogen) atoms. The third-order valence-corrected chi connectivity index (χ3v) is 3.01. The lowest BCUT2D eigenvalue weighted by molar-refractivity contribution is -0.145. The van der Waals surface area contributed by atoms with E-state index in [-0.39, 0.29) is 0 Å². The van der Waals surface area contributed by atoms with E-state index in [0.29, 0.717) is 23.1 Å². The van der Waals surface area contributed by atoms with Gasteiger partial charge in [-0.2, -0.15) is 0 Å². The molecule has 0 aromatic heterocycles. The van der Waals surface area contributed by atoms with Gasteiger partial charge in [-0.15, -0.1) is 0 Å². The van der Waals surface area contributed by atoms with E-state index in [4.69, 9.17) is 22.1 Å². The second-order valence-electron chi connectivity index (χ2n) is 4.70. The molecule has 3 nitrogen and oxygen atoms in total. The molecule has 0 aliphatic carbocycles. The average molecular weight is 270 g/mol. The van der Waals surface area contributed by atoms with E-state index in [1.807, 2.05) is 0 Å². The molecule has 0 saturated heterocycles. The van der Waals surface area contributed by atoms with E-state index in [1.165, 1.54) is 0 Å². The first-order chi connectivity index (χ1) is 8.52. The van der Waals surface area contributed by atoms with Gasteiger partial charge in [0.25, 0.3) is 0 Å². The van der Waals surface area contributed by atoms with Crippen LogP contribution in [0.1, 0.15) is 38.3 Å². The van der Waals surface area contributed by atoms with Crippen molar-refractivity contribution in [1.29, 1.82) is 0 Å². The number of nitrogens with two attached hydrogens (primary N) is 1. The molecule has 0 saturated carbocycles. The number of hydrogen-bond donors (Lipinski definition) is 1. The van der Waals surface area contributed by atoms with Crippen molar-refractivity contribution in [3.8, 4) is 0 Å². The van der Waals surface area contributed by atoms with E-state index in [2.05, 4.69) is 13.8 Å². The Kier molecular flexibility index (Phi) is 6.16. The van der Waals surface area contributed by atoms with Gasteiger partial charge in [0.1, 0.15) is 6.04 Å². The first-order valence-electron chi connectivity index (χ1n) is 6.19. The standard InChI is InChI=1S/C14H20ClNO2/c1-10(2)6-5-9-18-14(17)13(16)11-7-3-4-8-12(11)15/h3-4,7-8,10,13H,5-6,9,16H2,1-2H3/t13-/m1/s1. The molecule has 0 amide bonds. The summed E-state index contributed by atoms with van der Waals surface area (Å²) in [6.45, 7) is 4.68. The Hall–Kier alpha value is -1.06. The smallest absolute Gasteiger partial charge is 0.327 e. The largest absolute Gasteiger partial charge is 0.464 e. The van der Waals surface area contributed by atoms with Gasteiger partial charge >= 0.3 is 5.97 Å². The van der Waals surface area contributed by atoms with E-state index in [0.717, 1.165) is 12.8 Å². The second kappa shape index (κ2) is 7.39. The summed E-state index contributed by atoms with van der Waals surface area (Å²) in [5.41, 5.74) is 6.43. The number of ether oxygens (including phenoxy) is 1. The molecule has 1 aromatic rings. The summed E-state index contributed by atoms with van der Waals surface area (Å²) >= 11 is 5.98. The van der Waals surface area contributed by atoms with Crippen LogP contribution >= 0.6 is 11.6 Å². The minimum atomic E-state index is -0.808. The molecular weight excluding hydrogens is 250 g/mol. The molecule has 0 radical (unpaired) electrons. The number of esters is 1. The average Bonchev–Trinajstić information content (AvgIpc) is 2.34. The topological polar surface area (TPSA) is 52.3 Å². The molecule has 2 N–H and O–H groups in total. The van der Waals surface area contributed by atoms with Crippen molar-refractivity contribution in [2.75, 3.05) is 6.61 Å². The molecule has 0 fully saturated rings. The molecule has 100 valence electrons. The maximum Gasteiger partial charge on any atom is 0.327 e. The summed E-state index contributed by atoms with van der Waals surface area (Å²) < 4.78 is 5.14. The quantitative estimate of drug-likeness (QED) is 0.637. The van der Waals surface area contributed by atoms with E-state index < -0.39 is 12.0 Å². The Morgan fingerprint density at radius 3 is 2.67 bits per heavy atom. The van der Waals surface area contributed by atoms with Crippen LogP contribution in [0.5, 0.6) is 0 Å². The molecule has 4 heteroatoms. The highest BCUT2D eigenvalue weighted by molar-refractivity contribution is 6.31. The molecule has 0 bridgehead atoms. The predicted octanol–water partition coefficient (Wildman–Crippen LogP) is 3.32. The fourth-order valence-corrected chi connectivity index (χ4v) is 1.86. The van der Waals surface area contributed by atoms with Crippen molar-refractivity contribution >= 4 is 17.6 Å². The number of carbonyl (C=O) groups is 1. The van der Waals surface area contributed by atoms with Crippen molar-refractivity contribution in [2.24, 2.45) is 11.7 Å². The van der Waals surface area contributed by atoms with Crippen LogP contribution in [0.15, 0.2) is 24.3 Å². The van der Waals surface area contributed by atoms with Crippen molar-refractivity contribution < 1.29 is 9.53 Å². The summed E-state index contributed by atoms with van der Waals surface area (Å²) in [5.74, 6) is 0.188. The van der Waals surface area contributed by atoms with Crippen LogP contribution in [0.4, 0.5) is 0 Å². The number of rotatable bonds is 6. The van der Waals surface area contributed by atoms with Gasteiger partial charge in [0.15, 0.2) is 0 Å². The van der Waals surface area contributed by atoms with Gasteiger partial charge in [0.2, 0.25) is 0 Å². The summed E-state index contributed by atoms with van der Waals surface area (Å²) in [6, 6.07) is 6.24. The predicted molar refractivity (Wildman–Crippen MR) is 73.4 cm³/mol. The van der Waals surface area contributed by atoms with Crippen LogP contribution < -0.4 is 5.73 Å². The lowest BCUT2D eigenvalue weighted by atomic mass is 10.1. The Bertz CT molecular complexity index is 393. The van der Waals surface area contributed by atoms with Gasteiger partial charge in [-0.25, -0.2) is 4.79 Å². The zero-order valence-corrected chi connectivity index (χ0v) is 11.6. The van der Waals surface area contributed by atoms with Gasteiger partial charge in [0.05, 0.1) is 6.61 Å². The number of halogens is 1. The Labute approximate surface area is 113 Å². The molecule has 0 spiro atoms. The number of carbonyl (C=O) groups excluding carboxylic acids is 1. The molecule has 0 aliphatic heterocycles.